The van der Waals surface area contributed by atoms with Crippen molar-refractivity contribution in [3.63, 3.8) is 0 Å². The molecule has 28 heavy (non-hydrogen) atoms. The first-order valence-corrected chi connectivity index (χ1v) is 10.4. The number of aromatic nitrogens is 2. The maximum absolute atomic E-state index is 12.1. The molecular weight excluding hydrogens is 404 g/mol. The maximum Gasteiger partial charge on any atom is 0.277 e. The van der Waals surface area contributed by atoms with Gasteiger partial charge in [-0.15, -0.1) is 10.2 Å². The minimum atomic E-state index is -3.77. The summed E-state index contributed by atoms with van der Waals surface area (Å²) in [5, 5.41) is 15.8. The molecule has 0 saturated carbocycles. The highest BCUT2D eigenvalue weighted by molar-refractivity contribution is 7.99. The van der Waals surface area contributed by atoms with E-state index in [9.17, 15) is 13.2 Å². The smallest absolute Gasteiger partial charge is 0.277 e. The van der Waals surface area contributed by atoms with Crippen molar-refractivity contribution in [1.82, 2.24) is 10.2 Å². The first-order valence-electron chi connectivity index (χ1n) is 7.88. The summed E-state index contributed by atoms with van der Waals surface area (Å²) < 4.78 is 33.2. The predicted molar refractivity (Wildman–Crippen MR) is 103 cm³/mol. The van der Waals surface area contributed by atoms with Gasteiger partial charge in [0.25, 0.3) is 5.22 Å². The summed E-state index contributed by atoms with van der Waals surface area (Å²) in [6, 6.07) is 12.7. The van der Waals surface area contributed by atoms with E-state index in [1.165, 1.54) is 24.3 Å². The van der Waals surface area contributed by atoms with Gasteiger partial charge in [-0.2, -0.15) is 0 Å². The third-order valence-electron chi connectivity index (χ3n) is 3.52. The summed E-state index contributed by atoms with van der Waals surface area (Å²) in [5.74, 6) is 0.677. The fourth-order valence-electron chi connectivity index (χ4n) is 2.20. The first-order chi connectivity index (χ1) is 13.3. The van der Waals surface area contributed by atoms with Crippen molar-refractivity contribution >= 4 is 33.4 Å². The third kappa shape index (κ3) is 5.09. The number of nitrogens with one attached hydrogen (secondary N) is 1. The summed E-state index contributed by atoms with van der Waals surface area (Å²) in [6.45, 7) is 0. The molecule has 1 aromatic heterocycles. The Morgan fingerprint density at radius 1 is 1.21 bits per heavy atom. The summed E-state index contributed by atoms with van der Waals surface area (Å²) in [6.07, 6.45) is 0. The number of thioether (sulfide) groups is 1. The fraction of sp³-hybridized carbons (Fsp3) is 0.118. The molecule has 9 nitrogen and oxygen atoms in total. The number of ether oxygens (including phenoxy) is 1. The molecule has 146 valence electrons. The van der Waals surface area contributed by atoms with E-state index in [2.05, 4.69) is 15.5 Å². The molecule has 0 radical (unpaired) electrons. The second-order valence-electron chi connectivity index (χ2n) is 5.51. The normalized spacial score (nSPS) is 11.2. The molecule has 1 amide bonds. The van der Waals surface area contributed by atoms with Crippen molar-refractivity contribution in [2.24, 2.45) is 5.14 Å². The predicted octanol–water partition coefficient (Wildman–Crippen LogP) is 2.12. The Hall–Kier alpha value is -2.89. The number of benzene rings is 2. The number of amides is 1. The van der Waals surface area contributed by atoms with Crippen LogP contribution in [-0.4, -0.2) is 37.4 Å². The third-order valence-corrected chi connectivity index (χ3v) is 5.26. The van der Waals surface area contributed by atoms with Crippen molar-refractivity contribution in [2.75, 3.05) is 18.2 Å². The van der Waals surface area contributed by atoms with E-state index in [0.717, 1.165) is 11.8 Å². The van der Waals surface area contributed by atoms with Crippen molar-refractivity contribution in [3.05, 3.63) is 48.5 Å². The molecule has 3 aromatic rings. The fourth-order valence-corrected chi connectivity index (χ4v) is 3.28. The SMILES string of the molecule is COc1cccc(NC(=O)CSc2nnc(-c3ccc(S(N)(=O)=O)cc3)o2)c1. The molecule has 0 aliphatic heterocycles. The lowest BCUT2D eigenvalue weighted by molar-refractivity contribution is -0.113. The van der Waals surface area contributed by atoms with Gasteiger partial charge >= 0.3 is 0 Å². The summed E-state index contributed by atoms with van der Waals surface area (Å²) >= 11 is 1.08. The van der Waals surface area contributed by atoms with Gasteiger partial charge in [-0.3, -0.25) is 4.79 Å². The zero-order valence-electron chi connectivity index (χ0n) is 14.7. The molecule has 1 heterocycles. The number of rotatable bonds is 7. The number of hydrogen-bond donors (Lipinski definition) is 2. The quantitative estimate of drug-likeness (QED) is 0.555. The standard InChI is InChI=1S/C17H16N4O5S2/c1-25-13-4-2-3-12(9-13)19-15(22)10-27-17-21-20-16(26-17)11-5-7-14(8-6-11)28(18,23)24/h2-9H,10H2,1H3,(H,19,22)(H2,18,23,24). The number of carbonyl (C=O) groups is 1. The molecule has 0 atom stereocenters. The summed E-state index contributed by atoms with van der Waals surface area (Å²) in [7, 11) is -2.22. The molecule has 0 fully saturated rings. The average molecular weight is 420 g/mol. The molecule has 11 heteroatoms. The number of methoxy groups -OCH3 is 1. The molecule has 3 rings (SSSR count). The topological polar surface area (TPSA) is 137 Å². The molecule has 0 aliphatic carbocycles. The van der Waals surface area contributed by atoms with E-state index < -0.39 is 10.0 Å². The number of primary sulfonamides is 1. The van der Waals surface area contributed by atoms with Gasteiger partial charge in [0.05, 0.1) is 17.8 Å². The highest BCUT2D eigenvalue weighted by Crippen LogP contribution is 2.24. The van der Waals surface area contributed by atoms with Crippen molar-refractivity contribution < 1.29 is 22.4 Å². The Morgan fingerprint density at radius 2 is 1.96 bits per heavy atom. The van der Waals surface area contributed by atoms with Crippen LogP contribution in [0.1, 0.15) is 0 Å². The van der Waals surface area contributed by atoms with Crippen LogP contribution in [0, 0.1) is 0 Å². The number of nitrogens with two attached hydrogens (primary N) is 1. The zero-order chi connectivity index (χ0) is 20.1. The highest BCUT2D eigenvalue weighted by atomic mass is 32.2. The van der Waals surface area contributed by atoms with Crippen LogP contribution in [-0.2, 0) is 14.8 Å². The first kappa shape index (κ1) is 19.9. The highest BCUT2D eigenvalue weighted by Gasteiger charge is 2.13. The lowest BCUT2D eigenvalue weighted by atomic mass is 10.2. The average Bonchev–Trinajstić information content (AvgIpc) is 3.15. The molecule has 0 aliphatic rings. The summed E-state index contributed by atoms with van der Waals surface area (Å²) in [4.78, 5) is 12.0. The van der Waals surface area contributed by atoms with E-state index in [1.54, 1.807) is 31.4 Å². The summed E-state index contributed by atoms with van der Waals surface area (Å²) in [5.41, 5.74) is 1.15. The molecule has 2 aromatic carbocycles. The molecule has 0 saturated heterocycles. The largest absolute Gasteiger partial charge is 0.497 e. The van der Waals surface area contributed by atoms with E-state index >= 15 is 0 Å². The Balaban J connectivity index is 1.59. The second-order valence-corrected chi connectivity index (χ2v) is 8.00. The van der Waals surface area contributed by atoms with Gasteiger partial charge in [-0.1, -0.05) is 17.8 Å². The minimum absolute atomic E-state index is 0.0143. The Morgan fingerprint density at radius 3 is 2.64 bits per heavy atom. The van der Waals surface area contributed by atoms with Crippen LogP contribution in [0.15, 0.2) is 63.1 Å². The Bertz CT molecular complexity index is 1080. The monoisotopic (exact) mass is 420 g/mol. The number of carbonyl (C=O) groups excluding carboxylic acids is 1. The van der Waals surface area contributed by atoms with Gasteiger partial charge in [0.15, 0.2) is 0 Å². The van der Waals surface area contributed by atoms with Crippen LogP contribution < -0.4 is 15.2 Å². The lowest BCUT2D eigenvalue weighted by Gasteiger charge is -2.05. The number of sulfonamides is 1. The van der Waals surface area contributed by atoms with Crippen LogP contribution >= 0.6 is 11.8 Å². The van der Waals surface area contributed by atoms with Crippen LogP contribution in [0.3, 0.4) is 0 Å². The van der Waals surface area contributed by atoms with Gasteiger partial charge in [0.2, 0.25) is 21.8 Å². The Labute approximate surface area is 165 Å². The molecule has 3 N–H and O–H groups in total. The van der Waals surface area contributed by atoms with Gasteiger partial charge in [-0.25, -0.2) is 13.6 Å². The van der Waals surface area contributed by atoms with Crippen molar-refractivity contribution in [2.45, 2.75) is 10.1 Å². The zero-order valence-corrected chi connectivity index (χ0v) is 16.3. The second kappa shape index (κ2) is 8.42. The Kier molecular flexibility index (Phi) is 5.97. The van der Waals surface area contributed by atoms with Gasteiger partial charge in [-0.05, 0) is 36.4 Å². The van der Waals surface area contributed by atoms with Crippen LogP contribution in [0.4, 0.5) is 5.69 Å². The van der Waals surface area contributed by atoms with E-state index in [1.807, 2.05) is 0 Å². The lowest BCUT2D eigenvalue weighted by Crippen LogP contribution is -2.13. The molecule has 0 unspecified atom stereocenters. The van der Waals surface area contributed by atoms with Gasteiger partial charge in [0.1, 0.15) is 5.75 Å². The number of anilines is 1. The molecular formula is C17H16N4O5S2. The molecule has 0 spiro atoms. The van der Waals surface area contributed by atoms with Crippen molar-refractivity contribution in [3.8, 4) is 17.2 Å². The molecule has 0 bridgehead atoms. The van der Waals surface area contributed by atoms with Crippen molar-refractivity contribution in [1.29, 1.82) is 0 Å². The van der Waals surface area contributed by atoms with E-state index in [0.29, 0.717) is 17.0 Å². The number of nitrogens with zero attached hydrogens (tertiary/aromatic N) is 2. The van der Waals surface area contributed by atoms with Crippen LogP contribution in [0.2, 0.25) is 0 Å². The van der Waals surface area contributed by atoms with Gasteiger partial charge in [0, 0.05) is 17.3 Å². The number of hydrogen-bond acceptors (Lipinski definition) is 8. The van der Waals surface area contributed by atoms with E-state index in [4.69, 9.17) is 14.3 Å². The van der Waals surface area contributed by atoms with Crippen LogP contribution in [0.5, 0.6) is 5.75 Å². The van der Waals surface area contributed by atoms with Crippen LogP contribution in [0.25, 0.3) is 11.5 Å². The maximum atomic E-state index is 12.1. The minimum Gasteiger partial charge on any atom is -0.497 e. The van der Waals surface area contributed by atoms with Gasteiger partial charge < -0.3 is 14.5 Å². The van der Waals surface area contributed by atoms with E-state index in [-0.39, 0.29) is 27.7 Å².